The van der Waals surface area contributed by atoms with Crippen LogP contribution < -0.4 is 10.4 Å². The Morgan fingerprint density at radius 3 is 2.28 bits per heavy atom. The van der Waals surface area contributed by atoms with Gasteiger partial charge in [0.1, 0.15) is 5.71 Å². The molecular weight excluding hydrogens is 490 g/mol. The molecule has 1 aliphatic carbocycles. The summed E-state index contributed by atoms with van der Waals surface area (Å²) in [4.78, 5) is 13.1. The summed E-state index contributed by atoms with van der Waals surface area (Å²) in [5.74, 6) is 1.26. The largest absolute Gasteiger partial charge is 0.284 e. The standard InChI is InChI=1S/C23H23Cl3N4O.ClH/c24-17-6-4-14(5-7-17)22-11-20(27-30(22)21-9-8-18(25)10-19(21)26)23(31)28-29-12-15-2-1-3-16(15)13-29;/h4-10,15-16,22H,1-3,11-13H2,(H,28,31);1H/t15?,16?,22-;/m0./s1. The summed E-state index contributed by atoms with van der Waals surface area (Å²) < 4.78 is 0. The molecular formula is C23H24Cl4N4O. The fourth-order valence-corrected chi connectivity index (χ4v) is 5.64. The third kappa shape index (κ3) is 4.73. The number of hydrazine groups is 1. The monoisotopic (exact) mass is 512 g/mol. The Bertz CT molecular complexity index is 1020. The molecule has 2 aliphatic heterocycles. The van der Waals surface area contributed by atoms with Crippen LogP contribution in [-0.4, -0.2) is 29.7 Å². The maximum atomic E-state index is 13.1. The van der Waals surface area contributed by atoms with Crippen molar-refractivity contribution in [2.24, 2.45) is 16.9 Å². The minimum atomic E-state index is -0.158. The molecule has 1 saturated heterocycles. The van der Waals surface area contributed by atoms with E-state index in [1.807, 2.05) is 35.3 Å². The highest BCUT2D eigenvalue weighted by Crippen LogP contribution is 2.40. The summed E-state index contributed by atoms with van der Waals surface area (Å²) in [6.45, 7) is 1.86. The smallest absolute Gasteiger partial charge is 0.281 e. The lowest BCUT2D eigenvalue weighted by Gasteiger charge is -2.25. The summed E-state index contributed by atoms with van der Waals surface area (Å²) in [6, 6.07) is 12.8. The van der Waals surface area contributed by atoms with Crippen LogP contribution in [0.4, 0.5) is 5.69 Å². The number of hydrazone groups is 1. The molecule has 170 valence electrons. The van der Waals surface area contributed by atoms with E-state index in [9.17, 15) is 4.79 Å². The van der Waals surface area contributed by atoms with Crippen LogP contribution in [0.25, 0.3) is 0 Å². The van der Waals surface area contributed by atoms with Crippen molar-refractivity contribution in [1.82, 2.24) is 10.4 Å². The van der Waals surface area contributed by atoms with Crippen molar-refractivity contribution in [3.63, 3.8) is 0 Å². The molecule has 3 atom stereocenters. The lowest BCUT2D eigenvalue weighted by atomic mass is 10.0. The number of rotatable bonds is 4. The third-order valence-electron chi connectivity index (χ3n) is 6.57. The van der Waals surface area contributed by atoms with Crippen molar-refractivity contribution in [2.75, 3.05) is 18.1 Å². The molecule has 9 heteroatoms. The molecule has 1 N–H and O–H groups in total. The Hall–Kier alpha value is -1.50. The van der Waals surface area contributed by atoms with E-state index >= 15 is 0 Å². The van der Waals surface area contributed by atoms with Crippen molar-refractivity contribution < 1.29 is 4.79 Å². The molecule has 3 aliphatic rings. The van der Waals surface area contributed by atoms with Crippen LogP contribution in [0, 0.1) is 11.8 Å². The van der Waals surface area contributed by atoms with E-state index in [0.717, 1.165) is 18.7 Å². The van der Waals surface area contributed by atoms with Gasteiger partial charge >= 0.3 is 0 Å². The number of halogens is 4. The number of nitrogens with one attached hydrogen (secondary N) is 1. The van der Waals surface area contributed by atoms with Crippen LogP contribution in [0.3, 0.4) is 0 Å². The predicted molar refractivity (Wildman–Crippen MR) is 133 cm³/mol. The van der Waals surface area contributed by atoms with Gasteiger partial charge in [0, 0.05) is 29.6 Å². The van der Waals surface area contributed by atoms with Crippen LogP contribution >= 0.6 is 47.2 Å². The van der Waals surface area contributed by atoms with Gasteiger partial charge in [0.05, 0.1) is 16.8 Å². The van der Waals surface area contributed by atoms with Crippen molar-refractivity contribution in [3.05, 3.63) is 63.1 Å². The molecule has 1 saturated carbocycles. The highest BCUT2D eigenvalue weighted by Gasteiger charge is 2.38. The van der Waals surface area contributed by atoms with Crippen molar-refractivity contribution in [3.8, 4) is 0 Å². The molecule has 5 nitrogen and oxygen atoms in total. The molecule has 2 heterocycles. The minimum Gasteiger partial charge on any atom is -0.284 e. The normalized spacial score (nSPS) is 24.8. The minimum absolute atomic E-state index is 0. The molecule has 0 spiro atoms. The highest BCUT2D eigenvalue weighted by atomic mass is 35.5. The van der Waals surface area contributed by atoms with Gasteiger partial charge in [-0.1, -0.05) is 53.4 Å². The third-order valence-corrected chi connectivity index (χ3v) is 7.36. The first kappa shape index (κ1) is 23.7. The highest BCUT2D eigenvalue weighted by molar-refractivity contribution is 6.40. The maximum Gasteiger partial charge on any atom is 0.281 e. The Morgan fingerprint density at radius 2 is 1.62 bits per heavy atom. The Kier molecular flexibility index (Phi) is 7.23. The number of nitrogens with zero attached hydrogens (tertiary/aromatic N) is 3. The van der Waals surface area contributed by atoms with E-state index in [4.69, 9.17) is 39.9 Å². The zero-order valence-corrected chi connectivity index (χ0v) is 20.4. The fourth-order valence-electron chi connectivity index (χ4n) is 5.02. The van der Waals surface area contributed by atoms with E-state index in [-0.39, 0.29) is 24.4 Å². The number of hydrogen-bond acceptors (Lipinski definition) is 4. The van der Waals surface area contributed by atoms with E-state index in [1.165, 1.54) is 19.3 Å². The average Bonchev–Trinajstić information content (AvgIpc) is 3.43. The quantitative estimate of drug-likeness (QED) is 0.534. The molecule has 0 aromatic heterocycles. The van der Waals surface area contributed by atoms with Crippen molar-refractivity contribution in [1.29, 1.82) is 0 Å². The van der Waals surface area contributed by atoms with Gasteiger partial charge in [-0.3, -0.25) is 15.2 Å². The first-order valence-electron chi connectivity index (χ1n) is 10.6. The summed E-state index contributed by atoms with van der Waals surface area (Å²) in [5, 5.41) is 10.3. The van der Waals surface area contributed by atoms with Gasteiger partial charge in [0.2, 0.25) is 0 Å². The Labute approximate surface area is 209 Å². The lowest BCUT2D eigenvalue weighted by molar-refractivity contribution is -0.119. The molecule has 2 aromatic carbocycles. The van der Waals surface area contributed by atoms with Crippen molar-refractivity contribution in [2.45, 2.75) is 31.7 Å². The first-order valence-corrected chi connectivity index (χ1v) is 11.7. The van der Waals surface area contributed by atoms with Gasteiger partial charge in [0.15, 0.2) is 0 Å². The number of carbonyl (C=O) groups is 1. The number of hydrogen-bond donors (Lipinski definition) is 1. The maximum absolute atomic E-state index is 13.1. The SMILES string of the molecule is Cl.O=C(NN1CC2CCCC2C1)C1=NN(c2ccc(Cl)cc2Cl)[C@H](c2ccc(Cl)cc2)C1. The van der Waals surface area contributed by atoms with Gasteiger partial charge in [0.25, 0.3) is 5.91 Å². The number of amides is 1. The zero-order valence-electron chi connectivity index (χ0n) is 17.3. The summed E-state index contributed by atoms with van der Waals surface area (Å²) in [7, 11) is 0. The van der Waals surface area contributed by atoms with Gasteiger partial charge in [-0.25, -0.2) is 5.01 Å². The molecule has 2 fully saturated rings. The summed E-state index contributed by atoms with van der Waals surface area (Å²) >= 11 is 18.6. The fraction of sp³-hybridized carbons (Fsp3) is 0.391. The Morgan fingerprint density at radius 1 is 0.969 bits per heavy atom. The molecule has 1 amide bonds. The number of benzene rings is 2. The van der Waals surface area contributed by atoms with Gasteiger partial charge < -0.3 is 0 Å². The summed E-state index contributed by atoms with van der Waals surface area (Å²) in [5.41, 5.74) is 5.30. The van der Waals surface area contributed by atoms with Crippen molar-refractivity contribution >= 4 is 64.5 Å². The van der Waals surface area contributed by atoms with Crippen LogP contribution in [-0.2, 0) is 4.79 Å². The predicted octanol–water partition coefficient (Wildman–Crippen LogP) is 6.14. The van der Waals surface area contributed by atoms with E-state index in [1.54, 1.807) is 12.1 Å². The topological polar surface area (TPSA) is 47.9 Å². The van der Waals surface area contributed by atoms with E-state index in [0.29, 0.717) is 44.7 Å². The first-order chi connectivity index (χ1) is 15.0. The number of carbonyl (C=O) groups excluding carboxylic acids is 1. The lowest BCUT2D eigenvalue weighted by Crippen LogP contribution is -2.44. The number of anilines is 1. The second-order valence-electron chi connectivity index (χ2n) is 8.56. The molecule has 2 unspecified atom stereocenters. The van der Waals surface area contributed by atoms with Crippen LogP contribution in [0.1, 0.15) is 37.3 Å². The summed E-state index contributed by atoms with van der Waals surface area (Å²) in [6.07, 6.45) is 4.31. The van der Waals surface area contributed by atoms with E-state index < -0.39 is 0 Å². The van der Waals surface area contributed by atoms with Gasteiger partial charge in [-0.05, 0) is 60.6 Å². The van der Waals surface area contributed by atoms with E-state index in [2.05, 4.69) is 10.4 Å². The molecule has 0 radical (unpaired) electrons. The zero-order chi connectivity index (χ0) is 21.5. The molecule has 0 bridgehead atoms. The number of fused-ring (bicyclic) bond motifs is 1. The van der Waals surface area contributed by atoms with Crippen LogP contribution in [0.5, 0.6) is 0 Å². The van der Waals surface area contributed by atoms with Crippen LogP contribution in [0.15, 0.2) is 47.6 Å². The van der Waals surface area contributed by atoms with Crippen LogP contribution in [0.2, 0.25) is 15.1 Å². The molecule has 2 aromatic rings. The second-order valence-corrected chi connectivity index (χ2v) is 9.84. The van der Waals surface area contributed by atoms with Gasteiger partial charge in [-0.2, -0.15) is 5.10 Å². The average molecular weight is 514 g/mol. The van der Waals surface area contributed by atoms with Gasteiger partial charge in [-0.15, -0.1) is 12.4 Å². The Balaban J connectivity index is 0.00000245. The second kappa shape index (κ2) is 9.78. The molecule has 5 rings (SSSR count). The molecule has 32 heavy (non-hydrogen) atoms.